The van der Waals surface area contributed by atoms with Crippen molar-refractivity contribution in [2.75, 3.05) is 22.9 Å². The average molecular weight is 362 g/mol. The number of hydrogen-bond acceptors (Lipinski definition) is 4. The van der Waals surface area contributed by atoms with Gasteiger partial charge in [0, 0.05) is 5.69 Å². The van der Waals surface area contributed by atoms with E-state index in [2.05, 4.69) is 10.0 Å². The van der Waals surface area contributed by atoms with Crippen molar-refractivity contribution in [3.8, 4) is 5.75 Å². The maximum Gasteiger partial charge on any atom is 0.229 e. The van der Waals surface area contributed by atoms with Crippen LogP contribution in [0.15, 0.2) is 42.5 Å². The molecular formula is C18H22N2O4S. The molecule has 134 valence electrons. The fourth-order valence-electron chi connectivity index (χ4n) is 2.23. The van der Waals surface area contributed by atoms with Gasteiger partial charge in [-0.25, -0.2) is 8.42 Å². The van der Waals surface area contributed by atoms with Crippen LogP contribution in [0.5, 0.6) is 5.75 Å². The highest BCUT2D eigenvalue weighted by atomic mass is 32.2. The number of ether oxygens (including phenoxy) is 1. The molecule has 0 radical (unpaired) electrons. The van der Waals surface area contributed by atoms with Crippen LogP contribution >= 0.6 is 0 Å². The summed E-state index contributed by atoms with van der Waals surface area (Å²) in [5.74, 6) is 0.564. The Morgan fingerprint density at radius 1 is 1.08 bits per heavy atom. The summed E-state index contributed by atoms with van der Waals surface area (Å²) in [6, 6.07) is 12.3. The molecule has 0 aliphatic rings. The molecule has 2 aromatic rings. The van der Waals surface area contributed by atoms with Crippen molar-refractivity contribution in [3.05, 3.63) is 53.6 Å². The molecule has 2 rings (SSSR count). The lowest BCUT2D eigenvalue weighted by molar-refractivity contribution is -0.116. The number of anilines is 2. The van der Waals surface area contributed by atoms with Gasteiger partial charge in [0.2, 0.25) is 15.9 Å². The molecule has 1 amide bonds. The highest BCUT2D eigenvalue weighted by molar-refractivity contribution is 7.92. The van der Waals surface area contributed by atoms with Crippen molar-refractivity contribution in [2.45, 2.75) is 20.3 Å². The van der Waals surface area contributed by atoms with Crippen LogP contribution in [0.3, 0.4) is 0 Å². The molecule has 0 fully saturated rings. The second kappa shape index (κ2) is 8.02. The Bertz CT molecular complexity index is 863. The van der Waals surface area contributed by atoms with E-state index in [-0.39, 0.29) is 18.9 Å². The Balaban J connectivity index is 1.88. The van der Waals surface area contributed by atoms with Crippen LogP contribution in [-0.2, 0) is 14.8 Å². The largest absolute Gasteiger partial charge is 0.493 e. The Hall–Kier alpha value is -2.54. The minimum Gasteiger partial charge on any atom is -0.493 e. The summed E-state index contributed by atoms with van der Waals surface area (Å²) in [7, 11) is -3.36. The number of benzene rings is 2. The Labute approximate surface area is 148 Å². The monoisotopic (exact) mass is 362 g/mol. The zero-order valence-corrected chi connectivity index (χ0v) is 15.3. The molecule has 0 aliphatic carbocycles. The van der Waals surface area contributed by atoms with E-state index in [1.54, 1.807) is 24.3 Å². The van der Waals surface area contributed by atoms with Gasteiger partial charge in [0.25, 0.3) is 0 Å². The first kappa shape index (κ1) is 18.8. The Morgan fingerprint density at radius 2 is 1.76 bits per heavy atom. The van der Waals surface area contributed by atoms with Gasteiger partial charge in [0.05, 0.1) is 25.0 Å². The molecule has 6 nitrogen and oxygen atoms in total. The highest BCUT2D eigenvalue weighted by Crippen LogP contribution is 2.21. The second-order valence-electron chi connectivity index (χ2n) is 5.80. The summed E-state index contributed by atoms with van der Waals surface area (Å²) in [5.41, 5.74) is 3.11. The average Bonchev–Trinajstić information content (AvgIpc) is 2.50. The number of sulfonamides is 1. The lowest BCUT2D eigenvalue weighted by atomic mass is 10.1. The molecule has 25 heavy (non-hydrogen) atoms. The van der Waals surface area contributed by atoms with Crippen LogP contribution in [0.2, 0.25) is 0 Å². The number of amides is 1. The van der Waals surface area contributed by atoms with Gasteiger partial charge in [-0.2, -0.15) is 0 Å². The van der Waals surface area contributed by atoms with E-state index in [9.17, 15) is 13.2 Å². The summed E-state index contributed by atoms with van der Waals surface area (Å²) in [5, 5.41) is 2.73. The fraction of sp³-hybridized carbons (Fsp3) is 0.278. The molecule has 2 N–H and O–H groups in total. The first-order valence-corrected chi connectivity index (χ1v) is 9.70. The van der Waals surface area contributed by atoms with Crippen molar-refractivity contribution in [1.82, 2.24) is 0 Å². The molecule has 0 spiro atoms. The van der Waals surface area contributed by atoms with Crippen LogP contribution in [0.1, 0.15) is 17.5 Å². The molecule has 7 heteroatoms. The van der Waals surface area contributed by atoms with Crippen molar-refractivity contribution < 1.29 is 17.9 Å². The molecule has 0 bridgehead atoms. The molecule has 0 saturated carbocycles. The predicted molar refractivity (Wildman–Crippen MR) is 99.6 cm³/mol. The zero-order chi connectivity index (χ0) is 18.4. The number of hydrogen-bond donors (Lipinski definition) is 2. The number of rotatable bonds is 7. The third-order valence-corrected chi connectivity index (χ3v) is 4.20. The standard InChI is InChI=1S/C18H22N2O4S/c1-13-6-4-9-17(14(13)2)24-11-10-18(21)19-15-7-5-8-16(12-15)20-25(3,22)23/h4-9,12,20H,10-11H2,1-3H3,(H,19,21). The van der Waals surface area contributed by atoms with Crippen LogP contribution in [0.4, 0.5) is 11.4 Å². The highest BCUT2D eigenvalue weighted by Gasteiger charge is 2.07. The molecule has 0 heterocycles. The maximum atomic E-state index is 12.0. The van der Waals surface area contributed by atoms with E-state index >= 15 is 0 Å². The number of carbonyl (C=O) groups is 1. The molecule has 0 saturated heterocycles. The minimum atomic E-state index is -3.36. The van der Waals surface area contributed by atoms with Gasteiger partial charge in [-0.3, -0.25) is 9.52 Å². The predicted octanol–water partition coefficient (Wildman–Crippen LogP) is 3.08. The molecule has 2 aromatic carbocycles. The van der Waals surface area contributed by atoms with Gasteiger partial charge in [-0.1, -0.05) is 18.2 Å². The number of aryl methyl sites for hydroxylation is 1. The summed E-state index contributed by atoms with van der Waals surface area (Å²) >= 11 is 0. The Morgan fingerprint density at radius 3 is 2.48 bits per heavy atom. The zero-order valence-electron chi connectivity index (χ0n) is 14.5. The van der Waals surface area contributed by atoms with Gasteiger partial charge in [0.1, 0.15) is 5.75 Å². The summed E-state index contributed by atoms with van der Waals surface area (Å²) in [6.07, 6.45) is 1.26. The molecule has 0 unspecified atom stereocenters. The molecule has 0 atom stereocenters. The van der Waals surface area contributed by atoms with Crippen LogP contribution < -0.4 is 14.8 Å². The molecule has 0 aromatic heterocycles. The number of carbonyl (C=O) groups excluding carboxylic acids is 1. The van der Waals surface area contributed by atoms with E-state index in [0.29, 0.717) is 11.4 Å². The smallest absolute Gasteiger partial charge is 0.229 e. The van der Waals surface area contributed by atoms with Crippen molar-refractivity contribution in [3.63, 3.8) is 0 Å². The van der Waals surface area contributed by atoms with Crippen molar-refractivity contribution >= 4 is 27.3 Å². The van der Waals surface area contributed by atoms with E-state index in [1.807, 2.05) is 32.0 Å². The molecule has 0 aliphatic heterocycles. The van der Waals surface area contributed by atoms with Gasteiger partial charge in [0.15, 0.2) is 0 Å². The molecular weight excluding hydrogens is 340 g/mol. The van der Waals surface area contributed by atoms with Gasteiger partial charge >= 0.3 is 0 Å². The fourth-order valence-corrected chi connectivity index (χ4v) is 2.79. The summed E-state index contributed by atoms with van der Waals surface area (Å²) in [4.78, 5) is 12.0. The van der Waals surface area contributed by atoms with Gasteiger partial charge < -0.3 is 10.1 Å². The maximum absolute atomic E-state index is 12.0. The van der Waals surface area contributed by atoms with E-state index in [0.717, 1.165) is 23.1 Å². The first-order chi connectivity index (χ1) is 11.7. The minimum absolute atomic E-state index is 0.192. The van der Waals surface area contributed by atoms with Crippen LogP contribution in [0.25, 0.3) is 0 Å². The quantitative estimate of drug-likeness (QED) is 0.793. The van der Waals surface area contributed by atoms with E-state index in [1.165, 1.54) is 0 Å². The summed E-state index contributed by atoms with van der Waals surface area (Å²) in [6.45, 7) is 4.24. The van der Waals surface area contributed by atoms with Crippen molar-refractivity contribution in [2.24, 2.45) is 0 Å². The third kappa shape index (κ3) is 6.11. The van der Waals surface area contributed by atoms with Crippen molar-refractivity contribution in [1.29, 1.82) is 0 Å². The van der Waals surface area contributed by atoms with Crippen LogP contribution in [0, 0.1) is 13.8 Å². The third-order valence-electron chi connectivity index (χ3n) is 3.59. The van der Waals surface area contributed by atoms with Crippen LogP contribution in [-0.4, -0.2) is 27.2 Å². The topological polar surface area (TPSA) is 84.5 Å². The van der Waals surface area contributed by atoms with E-state index < -0.39 is 10.0 Å². The van der Waals surface area contributed by atoms with Gasteiger partial charge in [-0.05, 0) is 49.2 Å². The lowest BCUT2D eigenvalue weighted by Crippen LogP contribution is -2.16. The second-order valence-corrected chi connectivity index (χ2v) is 7.55. The lowest BCUT2D eigenvalue weighted by Gasteiger charge is -2.11. The van der Waals surface area contributed by atoms with Gasteiger partial charge in [-0.15, -0.1) is 0 Å². The van der Waals surface area contributed by atoms with E-state index in [4.69, 9.17) is 4.74 Å². The normalized spacial score (nSPS) is 11.0. The first-order valence-electron chi connectivity index (χ1n) is 7.81. The number of nitrogens with one attached hydrogen (secondary N) is 2. The SMILES string of the molecule is Cc1cccc(OCCC(=O)Nc2cccc(NS(C)(=O)=O)c2)c1C. The summed E-state index contributed by atoms with van der Waals surface area (Å²) < 4.78 is 30.5. The Kier molecular flexibility index (Phi) is 6.03.